The minimum atomic E-state index is -0.548. The SMILES string of the molecule is COc1cc(C(=O)OCc2ccc(F)cc2Cl)ccc1N. The first-order chi connectivity index (χ1) is 10.0. The lowest BCUT2D eigenvalue weighted by Gasteiger charge is -2.09. The van der Waals surface area contributed by atoms with Crippen molar-refractivity contribution in [1.82, 2.24) is 0 Å². The monoisotopic (exact) mass is 309 g/mol. The van der Waals surface area contributed by atoms with E-state index in [0.29, 0.717) is 22.6 Å². The van der Waals surface area contributed by atoms with Crippen molar-refractivity contribution in [2.45, 2.75) is 6.61 Å². The molecule has 2 N–H and O–H groups in total. The summed E-state index contributed by atoms with van der Waals surface area (Å²) in [6, 6.07) is 8.46. The van der Waals surface area contributed by atoms with Crippen LogP contribution >= 0.6 is 11.6 Å². The van der Waals surface area contributed by atoms with Gasteiger partial charge in [-0.15, -0.1) is 0 Å². The Morgan fingerprint density at radius 1 is 1.29 bits per heavy atom. The van der Waals surface area contributed by atoms with Gasteiger partial charge in [-0.25, -0.2) is 9.18 Å². The molecule has 0 aliphatic carbocycles. The number of carbonyl (C=O) groups is 1. The minimum absolute atomic E-state index is 0.0510. The van der Waals surface area contributed by atoms with E-state index < -0.39 is 11.8 Å². The van der Waals surface area contributed by atoms with Crippen LogP contribution in [0.15, 0.2) is 36.4 Å². The predicted octanol–water partition coefficient (Wildman–Crippen LogP) is 3.43. The second-order valence-corrected chi connectivity index (χ2v) is 4.68. The molecule has 0 heterocycles. The number of nitrogens with two attached hydrogens (primary N) is 1. The number of methoxy groups -OCH3 is 1. The highest BCUT2D eigenvalue weighted by atomic mass is 35.5. The van der Waals surface area contributed by atoms with E-state index in [-0.39, 0.29) is 11.6 Å². The van der Waals surface area contributed by atoms with Gasteiger partial charge in [0.1, 0.15) is 18.2 Å². The van der Waals surface area contributed by atoms with Crippen molar-refractivity contribution in [1.29, 1.82) is 0 Å². The topological polar surface area (TPSA) is 61.5 Å². The van der Waals surface area contributed by atoms with Crippen LogP contribution in [0.3, 0.4) is 0 Å². The molecule has 0 amide bonds. The third-order valence-corrected chi connectivity index (χ3v) is 3.19. The molecule has 0 aromatic heterocycles. The van der Waals surface area contributed by atoms with Crippen molar-refractivity contribution >= 4 is 23.3 Å². The molecule has 0 radical (unpaired) electrons. The molecule has 0 aliphatic rings. The Kier molecular flexibility index (Phi) is 4.65. The van der Waals surface area contributed by atoms with E-state index in [2.05, 4.69) is 0 Å². The zero-order chi connectivity index (χ0) is 15.4. The normalized spacial score (nSPS) is 10.2. The van der Waals surface area contributed by atoms with E-state index in [9.17, 15) is 9.18 Å². The lowest BCUT2D eigenvalue weighted by molar-refractivity contribution is 0.0472. The van der Waals surface area contributed by atoms with Crippen molar-refractivity contribution < 1.29 is 18.7 Å². The lowest BCUT2D eigenvalue weighted by Crippen LogP contribution is -2.06. The first kappa shape index (κ1) is 15.1. The number of anilines is 1. The van der Waals surface area contributed by atoms with Gasteiger partial charge in [-0.1, -0.05) is 17.7 Å². The predicted molar refractivity (Wildman–Crippen MR) is 77.9 cm³/mol. The fourth-order valence-electron chi connectivity index (χ4n) is 1.70. The Hall–Kier alpha value is -2.27. The summed E-state index contributed by atoms with van der Waals surface area (Å²) < 4.78 is 23.1. The Labute approximate surface area is 126 Å². The molecule has 0 fully saturated rings. The molecule has 2 aromatic carbocycles. The molecule has 0 unspecified atom stereocenters. The molecule has 4 nitrogen and oxygen atoms in total. The zero-order valence-electron chi connectivity index (χ0n) is 11.2. The molecule has 0 atom stereocenters. The van der Waals surface area contributed by atoms with Crippen LogP contribution in [0, 0.1) is 5.82 Å². The van der Waals surface area contributed by atoms with Gasteiger partial charge in [-0.2, -0.15) is 0 Å². The number of carbonyl (C=O) groups excluding carboxylic acids is 1. The fraction of sp³-hybridized carbons (Fsp3) is 0.133. The molecule has 0 bridgehead atoms. The van der Waals surface area contributed by atoms with Crippen molar-refractivity contribution in [2.75, 3.05) is 12.8 Å². The fourth-order valence-corrected chi connectivity index (χ4v) is 1.93. The maximum atomic E-state index is 12.9. The maximum Gasteiger partial charge on any atom is 0.338 e. The molecular formula is C15H13ClFNO3. The molecule has 0 aliphatic heterocycles. The highest BCUT2D eigenvalue weighted by Gasteiger charge is 2.11. The molecule has 0 saturated carbocycles. The summed E-state index contributed by atoms with van der Waals surface area (Å²) in [4.78, 5) is 11.9. The molecule has 6 heteroatoms. The molecule has 0 spiro atoms. The highest BCUT2D eigenvalue weighted by molar-refractivity contribution is 6.31. The van der Waals surface area contributed by atoms with Crippen LogP contribution in [0.1, 0.15) is 15.9 Å². The van der Waals surface area contributed by atoms with Gasteiger partial charge in [0.25, 0.3) is 0 Å². The summed E-state index contributed by atoms with van der Waals surface area (Å²) in [6.45, 7) is -0.0510. The number of halogens is 2. The molecule has 21 heavy (non-hydrogen) atoms. The van der Waals surface area contributed by atoms with E-state index in [1.54, 1.807) is 6.07 Å². The van der Waals surface area contributed by atoms with Crippen LogP contribution in [-0.2, 0) is 11.3 Å². The molecule has 2 aromatic rings. The summed E-state index contributed by atoms with van der Waals surface area (Å²) in [7, 11) is 1.46. The lowest BCUT2D eigenvalue weighted by atomic mass is 10.2. The summed E-state index contributed by atoms with van der Waals surface area (Å²) in [5, 5.41) is 0.206. The highest BCUT2D eigenvalue weighted by Crippen LogP contribution is 2.23. The second-order valence-electron chi connectivity index (χ2n) is 4.27. The summed E-state index contributed by atoms with van der Waals surface area (Å²) >= 11 is 5.86. The van der Waals surface area contributed by atoms with Gasteiger partial charge < -0.3 is 15.2 Å². The van der Waals surface area contributed by atoms with Crippen LogP contribution in [-0.4, -0.2) is 13.1 Å². The van der Waals surface area contributed by atoms with Crippen molar-refractivity contribution in [2.24, 2.45) is 0 Å². The van der Waals surface area contributed by atoms with Crippen molar-refractivity contribution in [3.05, 3.63) is 58.4 Å². The van der Waals surface area contributed by atoms with E-state index >= 15 is 0 Å². The average molecular weight is 310 g/mol. The van der Waals surface area contributed by atoms with Gasteiger partial charge in [0.05, 0.1) is 23.4 Å². The maximum absolute atomic E-state index is 12.9. The summed E-state index contributed by atoms with van der Waals surface area (Å²) in [5.41, 5.74) is 6.92. The molecule has 110 valence electrons. The Bertz CT molecular complexity index is 676. The third kappa shape index (κ3) is 3.64. The smallest absolute Gasteiger partial charge is 0.338 e. The minimum Gasteiger partial charge on any atom is -0.495 e. The van der Waals surface area contributed by atoms with E-state index in [1.165, 1.54) is 31.4 Å². The number of nitrogen functional groups attached to an aromatic ring is 1. The Morgan fingerprint density at radius 3 is 2.71 bits per heavy atom. The molecular weight excluding hydrogens is 297 g/mol. The number of hydrogen-bond donors (Lipinski definition) is 1. The number of ether oxygens (including phenoxy) is 2. The summed E-state index contributed by atoms with van der Waals surface area (Å²) in [5.74, 6) is -0.601. The van der Waals surface area contributed by atoms with E-state index in [0.717, 1.165) is 6.07 Å². The molecule has 2 rings (SSSR count). The standard InChI is InChI=1S/C15H13ClFNO3/c1-20-14-6-9(3-5-13(14)18)15(19)21-8-10-2-4-11(17)7-12(10)16/h2-7H,8,18H2,1H3. The van der Waals surface area contributed by atoms with E-state index in [4.69, 9.17) is 26.8 Å². The summed E-state index contributed by atoms with van der Waals surface area (Å²) in [6.07, 6.45) is 0. The van der Waals surface area contributed by atoms with Gasteiger partial charge in [-0.05, 0) is 30.3 Å². The van der Waals surface area contributed by atoms with Crippen LogP contribution < -0.4 is 10.5 Å². The average Bonchev–Trinajstić information content (AvgIpc) is 2.46. The van der Waals surface area contributed by atoms with Gasteiger partial charge >= 0.3 is 5.97 Å². The van der Waals surface area contributed by atoms with Gasteiger partial charge in [-0.3, -0.25) is 0 Å². The Balaban J connectivity index is 2.08. The number of rotatable bonds is 4. The number of esters is 1. The quantitative estimate of drug-likeness (QED) is 0.694. The van der Waals surface area contributed by atoms with Gasteiger partial charge in [0.2, 0.25) is 0 Å². The van der Waals surface area contributed by atoms with Crippen LogP contribution in [0.4, 0.5) is 10.1 Å². The number of benzene rings is 2. The van der Waals surface area contributed by atoms with Crippen LogP contribution in [0.2, 0.25) is 5.02 Å². The Morgan fingerprint density at radius 2 is 2.05 bits per heavy atom. The second kappa shape index (κ2) is 6.45. The van der Waals surface area contributed by atoms with Gasteiger partial charge in [0.15, 0.2) is 0 Å². The largest absolute Gasteiger partial charge is 0.495 e. The van der Waals surface area contributed by atoms with Gasteiger partial charge in [0, 0.05) is 5.56 Å². The first-order valence-electron chi connectivity index (χ1n) is 6.06. The van der Waals surface area contributed by atoms with Crippen LogP contribution in [0.5, 0.6) is 5.75 Å². The van der Waals surface area contributed by atoms with Crippen molar-refractivity contribution in [3.63, 3.8) is 0 Å². The first-order valence-corrected chi connectivity index (χ1v) is 6.43. The van der Waals surface area contributed by atoms with Crippen LogP contribution in [0.25, 0.3) is 0 Å². The zero-order valence-corrected chi connectivity index (χ0v) is 12.0. The van der Waals surface area contributed by atoms with Crippen molar-refractivity contribution in [3.8, 4) is 5.75 Å². The van der Waals surface area contributed by atoms with E-state index in [1.807, 2.05) is 0 Å². The number of hydrogen-bond acceptors (Lipinski definition) is 4. The molecule has 0 saturated heterocycles. The third-order valence-electron chi connectivity index (χ3n) is 2.84.